The van der Waals surface area contributed by atoms with Crippen LogP contribution in [0.25, 0.3) is 0 Å². The van der Waals surface area contributed by atoms with Gasteiger partial charge < -0.3 is 10.6 Å². The highest BCUT2D eigenvalue weighted by atomic mass is 32.1. The van der Waals surface area contributed by atoms with E-state index in [0.717, 1.165) is 17.8 Å². The average Bonchev–Trinajstić information content (AvgIpc) is 2.54. The summed E-state index contributed by atoms with van der Waals surface area (Å²) < 4.78 is 0. The van der Waals surface area contributed by atoms with Crippen LogP contribution >= 0.6 is 12.2 Å². The van der Waals surface area contributed by atoms with Crippen LogP contribution in [0, 0.1) is 0 Å². The molecule has 0 saturated heterocycles. The number of nitrogens with one attached hydrogen (secondary N) is 2. The summed E-state index contributed by atoms with van der Waals surface area (Å²) in [5, 5.41) is 7.19. The van der Waals surface area contributed by atoms with Crippen LogP contribution < -0.4 is 10.6 Å². The summed E-state index contributed by atoms with van der Waals surface area (Å²) >= 11 is 5.44. The predicted octanol–water partition coefficient (Wildman–Crippen LogP) is 5.96. The van der Waals surface area contributed by atoms with Crippen molar-refractivity contribution < 1.29 is 0 Å². The van der Waals surface area contributed by atoms with Crippen molar-refractivity contribution in [2.24, 2.45) is 0 Å². The molecule has 2 aromatic carbocycles. The smallest absolute Gasteiger partial charge is 0.175 e. The monoisotopic (exact) mass is 326 g/mol. The zero-order valence-corrected chi connectivity index (χ0v) is 15.0. The summed E-state index contributed by atoms with van der Waals surface area (Å²) in [4.78, 5) is 0. The number of unbranched alkanes of at least 4 members (excludes halogenated alkanes) is 1. The van der Waals surface area contributed by atoms with Gasteiger partial charge in [-0.15, -0.1) is 0 Å². The van der Waals surface area contributed by atoms with E-state index in [-0.39, 0.29) is 0 Å². The first-order chi connectivity index (χ1) is 11.1. The second-order valence-corrected chi connectivity index (χ2v) is 6.53. The van der Waals surface area contributed by atoms with Crippen molar-refractivity contribution in [1.82, 2.24) is 0 Å². The minimum Gasteiger partial charge on any atom is -0.332 e. The minimum absolute atomic E-state index is 0.458. The third-order valence-corrected chi connectivity index (χ3v) is 4.07. The lowest BCUT2D eigenvalue weighted by Crippen LogP contribution is -2.20. The second-order valence-electron chi connectivity index (χ2n) is 6.12. The lowest BCUT2D eigenvalue weighted by atomic mass is 10.0. The molecule has 0 aliphatic carbocycles. The Morgan fingerprint density at radius 1 is 1.00 bits per heavy atom. The van der Waals surface area contributed by atoms with Crippen LogP contribution in [0.4, 0.5) is 11.4 Å². The van der Waals surface area contributed by atoms with Gasteiger partial charge in [0.2, 0.25) is 0 Å². The third kappa shape index (κ3) is 5.36. The zero-order chi connectivity index (χ0) is 16.7. The van der Waals surface area contributed by atoms with Gasteiger partial charge in [-0.1, -0.05) is 57.5 Å². The van der Waals surface area contributed by atoms with E-state index in [1.165, 1.54) is 24.0 Å². The molecular formula is C20H26N2S. The van der Waals surface area contributed by atoms with Crippen LogP contribution in [0.3, 0.4) is 0 Å². The Bertz CT molecular complexity index is 632. The summed E-state index contributed by atoms with van der Waals surface area (Å²) in [6.45, 7) is 6.59. The second kappa shape index (κ2) is 8.68. The van der Waals surface area contributed by atoms with Crippen LogP contribution in [-0.2, 0) is 6.42 Å². The number of thiocarbonyl (C=S) groups is 1. The van der Waals surface area contributed by atoms with Gasteiger partial charge in [-0.25, -0.2) is 0 Å². The van der Waals surface area contributed by atoms with E-state index in [0.29, 0.717) is 11.0 Å². The number of hydrogen-bond acceptors (Lipinski definition) is 1. The van der Waals surface area contributed by atoms with E-state index in [1.807, 2.05) is 6.07 Å². The van der Waals surface area contributed by atoms with E-state index in [9.17, 15) is 0 Å². The van der Waals surface area contributed by atoms with Crippen molar-refractivity contribution >= 4 is 28.7 Å². The minimum atomic E-state index is 0.458. The van der Waals surface area contributed by atoms with Crippen LogP contribution in [0.5, 0.6) is 0 Å². The number of anilines is 2. The first-order valence-corrected chi connectivity index (χ1v) is 8.77. The van der Waals surface area contributed by atoms with Gasteiger partial charge >= 0.3 is 0 Å². The molecule has 0 aromatic heterocycles. The van der Waals surface area contributed by atoms with Crippen LogP contribution in [-0.4, -0.2) is 5.11 Å². The van der Waals surface area contributed by atoms with Crippen molar-refractivity contribution in [2.45, 2.75) is 46.0 Å². The maximum atomic E-state index is 5.44. The van der Waals surface area contributed by atoms with Gasteiger partial charge in [0.1, 0.15) is 0 Å². The van der Waals surface area contributed by atoms with Crippen molar-refractivity contribution in [2.75, 3.05) is 10.6 Å². The molecule has 2 N–H and O–H groups in total. The highest BCUT2D eigenvalue weighted by molar-refractivity contribution is 7.80. The highest BCUT2D eigenvalue weighted by Gasteiger charge is 2.07. The molecule has 0 fully saturated rings. The fourth-order valence-electron chi connectivity index (χ4n) is 2.53. The van der Waals surface area contributed by atoms with E-state index >= 15 is 0 Å². The first kappa shape index (κ1) is 17.5. The maximum Gasteiger partial charge on any atom is 0.175 e. The third-order valence-electron chi connectivity index (χ3n) is 3.86. The Morgan fingerprint density at radius 2 is 1.70 bits per heavy atom. The van der Waals surface area contributed by atoms with E-state index in [2.05, 4.69) is 73.9 Å². The topological polar surface area (TPSA) is 24.1 Å². The quantitative estimate of drug-likeness (QED) is 0.640. The van der Waals surface area contributed by atoms with Gasteiger partial charge in [-0.3, -0.25) is 0 Å². The predicted molar refractivity (Wildman–Crippen MR) is 105 cm³/mol. The molecule has 0 spiro atoms. The Labute approximate surface area is 145 Å². The van der Waals surface area contributed by atoms with Gasteiger partial charge in [0.05, 0.1) is 0 Å². The summed E-state index contributed by atoms with van der Waals surface area (Å²) in [6.07, 6.45) is 3.60. The van der Waals surface area contributed by atoms with Crippen molar-refractivity contribution in [3.8, 4) is 0 Å². The Morgan fingerprint density at radius 3 is 2.35 bits per heavy atom. The van der Waals surface area contributed by atoms with Crippen molar-refractivity contribution in [1.29, 1.82) is 0 Å². The SMILES string of the molecule is CCCCc1ccc(NC(=S)Nc2ccccc2C(C)C)cc1. The molecule has 23 heavy (non-hydrogen) atoms. The standard InChI is InChI=1S/C20H26N2S/c1-4-5-8-16-11-13-17(14-12-16)21-20(23)22-19-10-7-6-9-18(19)15(2)3/h6-7,9-15H,4-5,8H2,1-3H3,(H2,21,22,23). The van der Waals surface area contributed by atoms with Crippen LogP contribution in [0.15, 0.2) is 48.5 Å². The molecule has 0 aliphatic rings. The molecule has 2 rings (SSSR count). The van der Waals surface area contributed by atoms with E-state index < -0.39 is 0 Å². The Hall–Kier alpha value is -1.87. The van der Waals surface area contributed by atoms with Gasteiger partial charge in [-0.2, -0.15) is 0 Å². The van der Waals surface area contributed by atoms with Crippen LogP contribution in [0.1, 0.15) is 50.7 Å². The Balaban J connectivity index is 1.97. The number of aryl methyl sites for hydroxylation is 1. The highest BCUT2D eigenvalue weighted by Crippen LogP contribution is 2.24. The molecule has 0 unspecified atom stereocenters. The maximum absolute atomic E-state index is 5.44. The first-order valence-electron chi connectivity index (χ1n) is 8.36. The summed E-state index contributed by atoms with van der Waals surface area (Å²) in [7, 11) is 0. The van der Waals surface area contributed by atoms with Crippen molar-refractivity contribution in [3.05, 3.63) is 59.7 Å². The fraction of sp³-hybridized carbons (Fsp3) is 0.350. The molecule has 0 aliphatic heterocycles. The molecule has 0 heterocycles. The summed E-state index contributed by atoms with van der Waals surface area (Å²) in [6, 6.07) is 16.8. The normalized spacial score (nSPS) is 10.6. The number of para-hydroxylation sites is 1. The van der Waals surface area contributed by atoms with E-state index in [1.54, 1.807) is 0 Å². The lowest BCUT2D eigenvalue weighted by Gasteiger charge is -2.16. The molecule has 3 heteroatoms. The molecule has 0 atom stereocenters. The average molecular weight is 327 g/mol. The van der Waals surface area contributed by atoms with Crippen molar-refractivity contribution in [3.63, 3.8) is 0 Å². The summed E-state index contributed by atoms with van der Waals surface area (Å²) in [5.41, 5.74) is 4.73. The largest absolute Gasteiger partial charge is 0.332 e. The fourth-order valence-corrected chi connectivity index (χ4v) is 2.76. The molecule has 0 bridgehead atoms. The molecule has 0 saturated carbocycles. The zero-order valence-electron chi connectivity index (χ0n) is 14.2. The number of hydrogen-bond donors (Lipinski definition) is 2. The van der Waals surface area contributed by atoms with Crippen LogP contribution in [0.2, 0.25) is 0 Å². The van der Waals surface area contributed by atoms with Gasteiger partial charge in [0, 0.05) is 11.4 Å². The number of rotatable bonds is 6. The van der Waals surface area contributed by atoms with Gasteiger partial charge in [-0.05, 0) is 60.3 Å². The molecule has 2 aromatic rings. The molecule has 0 amide bonds. The Kier molecular flexibility index (Phi) is 6.60. The summed E-state index contributed by atoms with van der Waals surface area (Å²) in [5.74, 6) is 0.458. The van der Waals surface area contributed by atoms with E-state index in [4.69, 9.17) is 12.2 Å². The van der Waals surface area contributed by atoms with Gasteiger partial charge in [0.25, 0.3) is 0 Å². The lowest BCUT2D eigenvalue weighted by molar-refractivity contribution is 0.795. The molecule has 0 radical (unpaired) electrons. The molecular weight excluding hydrogens is 300 g/mol. The number of benzene rings is 2. The molecule has 2 nitrogen and oxygen atoms in total. The molecule has 122 valence electrons. The van der Waals surface area contributed by atoms with Gasteiger partial charge in [0.15, 0.2) is 5.11 Å².